The van der Waals surface area contributed by atoms with Crippen LogP contribution in [0, 0.1) is 6.92 Å². The topological polar surface area (TPSA) is 44.3 Å². The van der Waals surface area contributed by atoms with Gasteiger partial charge in [-0.15, -0.1) is 0 Å². The van der Waals surface area contributed by atoms with Crippen molar-refractivity contribution in [3.63, 3.8) is 0 Å². The van der Waals surface area contributed by atoms with Crippen molar-refractivity contribution in [2.45, 2.75) is 13.8 Å². The number of nitrogens with zero attached hydrogens (tertiary/aromatic N) is 4. The van der Waals surface area contributed by atoms with Gasteiger partial charge in [0.25, 0.3) is 0 Å². The lowest BCUT2D eigenvalue weighted by molar-refractivity contribution is 0.270. The molecule has 28 heavy (non-hydrogen) atoms. The van der Waals surface area contributed by atoms with Crippen LogP contribution >= 0.6 is 0 Å². The van der Waals surface area contributed by atoms with Crippen molar-refractivity contribution in [2.24, 2.45) is 0 Å². The van der Waals surface area contributed by atoms with E-state index in [2.05, 4.69) is 65.4 Å². The number of likely N-dealkylation sites (N-methyl/N-ethyl adjacent to an activating group) is 1. The number of aromatic nitrogens is 2. The molecule has 5 nitrogen and oxygen atoms in total. The van der Waals surface area contributed by atoms with E-state index in [1.54, 1.807) is 0 Å². The van der Waals surface area contributed by atoms with Gasteiger partial charge in [-0.3, -0.25) is 0 Å². The van der Waals surface area contributed by atoms with E-state index in [-0.39, 0.29) is 0 Å². The number of piperazine rings is 1. The first-order valence-electron chi connectivity index (χ1n) is 9.97. The molecule has 3 aromatic rings. The standard InChI is InChI=1S/C23H27N5/c1-3-27-13-15-28(16-14-27)22-17-21(24-20-12-8-7-9-18(20)2)25-23(26-22)19-10-5-4-6-11-19/h4-12,17H,3,13-16H2,1-2H3,(H,24,25,26). The van der Waals surface area contributed by atoms with Crippen LogP contribution in [-0.4, -0.2) is 47.6 Å². The zero-order chi connectivity index (χ0) is 19.3. The molecule has 144 valence electrons. The number of nitrogens with one attached hydrogen (secondary N) is 1. The Morgan fingerprint density at radius 1 is 0.893 bits per heavy atom. The van der Waals surface area contributed by atoms with Gasteiger partial charge in [-0.25, -0.2) is 9.97 Å². The summed E-state index contributed by atoms with van der Waals surface area (Å²) in [5.41, 5.74) is 3.30. The van der Waals surface area contributed by atoms with Crippen LogP contribution in [0.1, 0.15) is 12.5 Å². The zero-order valence-electron chi connectivity index (χ0n) is 16.6. The van der Waals surface area contributed by atoms with E-state index in [0.29, 0.717) is 0 Å². The quantitative estimate of drug-likeness (QED) is 0.721. The van der Waals surface area contributed by atoms with Crippen LogP contribution in [0.5, 0.6) is 0 Å². The molecule has 1 N–H and O–H groups in total. The van der Waals surface area contributed by atoms with Crippen LogP contribution in [0.2, 0.25) is 0 Å². The Hall–Kier alpha value is -2.92. The molecule has 1 saturated heterocycles. The summed E-state index contributed by atoms with van der Waals surface area (Å²) in [5.74, 6) is 2.57. The highest BCUT2D eigenvalue weighted by atomic mass is 15.3. The van der Waals surface area contributed by atoms with E-state index in [0.717, 1.165) is 61.4 Å². The second-order valence-electron chi connectivity index (χ2n) is 7.16. The molecular formula is C23H27N5. The van der Waals surface area contributed by atoms with E-state index in [1.165, 1.54) is 5.56 Å². The first-order chi connectivity index (χ1) is 13.7. The van der Waals surface area contributed by atoms with Crippen LogP contribution in [0.4, 0.5) is 17.3 Å². The van der Waals surface area contributed by atoms with Crippen molar-refractivity contribution in [3.8, 4) is 11.4 Å². The first-order valence-corrected chi connectivity index (χ1v) is 9.97. The summed E-state index contributed by atoms with van der Waals surface area (Å²) < 4.78 is 0. The molecule has 0 amide bonds. The zero-order valence-corrected chi connectivity index (χ0v) is 16.6. The van der Waals surface area contributed by atoms with Gasteiger partial charge in [-0.05, 0) is 25.1 Å². The molecule has 1 aliphatic heterocycles. The Morgan fingerprint density at radius 2 is 1.61 bits per heavy atom. The van der Waals surface area contributed by atoms with E-state index < -0.39 is 0 Å². The van der Waals surface area contributed by atoms with Gasteiger partial charge in [0.1, 0.15) is 11.6 Å². The summed E-state index contributed by atoms with van der Waals surface area (Å²) in [4.78, 5) is 14.5. The highest BCUT2D eigenvalue weighted by molar-refractivity contribution is 5.67. The summed E-state index contributed by atoms with van der Waals surface area (Å²) in [6, 6.07) is 20.5. The summed E-state index contributed by atoms with van der Waals surface area (Å²) in [6.07, 6.45) is 0. The second kappa shape index (κ2) is 8.40. The third-order valence-corrected chi connectivity index (χ3v) is 5.30. The van der Waals surface area contributed by atoms with Crippen LogP contribution in [-0.2, 0) is 0 Å². The highest BCUT2D eigenvalue weighted by Gasteiger charge is 2.19. The first kappa shape index (κ1) is 18.4. The second-order valence-corrected chi connectivity index (χ2v) is 7.16. The lowest BCUT2D eigenvalue weighted by atomic mass is 10.2. The van der Waals surface area contributed by atoms with Gasteiger partial charge in [-0.1, -0.05) is 55.5 Å². The smallest absolute Gasteiger partial charge is 0.163 e. The van der Waals surface area contributed by atoms with Crippen LogP contribution in [0.15, 0.2) is 60.7 Å². The highest BCUT2D eigenvalue weighted by Crippen LogP contribution is 2.26. The van der Waals surface area contributed by atoms with Crippen molar-refractivity contribution in [1.29, 1.82) is 0 Å². The summed E-state index contributed by atoms with van der Waals surface area (Å²) in [6.45, 7) is 9.55. The van der Waals surface area contributed by atoms with Gasteiger partial charge in [0, 0.05) is 43.5 Å². The van der Waals surface area contributed by atoms with Gasteiger partial charge in [0.15, 0.2) is 5.82 Å². The van der Waals surface area contributed by atoms with Crippen LogP contribution < -0.4 is 10.2 Å². The Balaban J connectivity index is 1.68. The number of para-hydroxylation sites is 1. The number of rotatable bonds is 5. The van der Waals surface area contributed by atoms with Crippen molar-refractivity contribution in [1.82, 2.24) is 14.9 Å². The third kappa shape index (κ3) is 4.15. The molecule has 5 heteroatoms. The van der Waals surface area contributed by atoms with Gasteiger partial charge < -0.3 is 15.1 Å². The van der Waals surface area contributed by atoms with Crippen molar-refractivity contribution >= 4 is 17.3 Å². The van der Waals surface area contributed by atoms with Crippen molar-refractivity contribution < 1.29 is 0 Å². The molecule has 0 bridgehead atoms. The van der Waals surface area contributed by atoms with Crippen molar-refractivity contribution in [3.05, 3.63) is 66.2 Å². The minimum atomic E-state index is 0.757. The predicted molar refractivity (Wildman–Crippen MR) is 116 cm³/mol. The Kier molecular flexibility index (Phi) is 5.53. The minimum Gasteiger partial charge on any atom is -0.354 e. The van der Waals surface area contributed by atoms with Crippen LogP contribution in [0.25, 0.3) is 11.4 Å². The fourth-order valence-electron chi connectivity index (χ4n) is 3.52. The maximum Gasteiger partial charge on any atom is 0.163 e. The fourth-order valence-corrected chi connectivity index (χ4v) is 3.52. The van der Waals surface area contributed by atoms with Gasteiger partial charge in [0.2, 0.25) is 0 Å². The van der Waals surface area contributed by atoms with Gasteiger partial charge in [0.05, 0.1) is 0 Å². The lowest BCUT2D eigenvalue weighted by Crippen LogP contribution is -2.46. The normalized spacial score (nSPS) is 14.9. The Bertz CT molecular complexity index is 917. The van der Waals surface area contributed by atoms with E-state index >= 15 is 0 Å². The van der Waals surface area contributed by atoms with Gasteiger partial charge >= 0.3 is 0 Å². The molecule has 2 aromatic carbocycles. The van der Waals surface area contributed by atoms with E-state index in [4.69, 9.17) is 9.97 Å². The molecule has 0 aliphatic carbocycles. The largest absolute Gasteiger partial charge is 0.354 e. The number of hydrogen-bond donors (Lipinski definition) is 1. The average molecular weight is 374 g/mol. The predicted octanol–water partition coefficient (Wildman–Crippen LogP) is 4.34. The molecule has 0 saturated carbocycles. The number of anilines is 3. The summed E-state index contributed by atoms with van der Waals surface area (Å²) in [7, 11) is 0. The molecule has 0 unspecified atom stereocenters. The molecule has 0 spiro atoms. The molecular weight excluding hydrogens is 346 g/mol. The monoisotopic (exact) mass is 373 g/mol. The SMILES string of the molecule is CCN1CCN(c2cc(Nc3ccccc3C)nc(-c3ccccc3)n2)CC1. The molecule has 1 fully saturated rings. The van der Waals surface area contributed by atoms with Crippen molar-refractivity contribution in [2.75, 3.05) is 42.9 Å². The lowest BCUT2D eigenvalue weighted by Gasteiger charge is -2.35. The average Bonchev–Trinajstić information content (AvgIpc) is 2.76. The number of benzene rings is 2. The molecule has 1 aliphatic rings. The summed E-state index contributed by atoms with van der Waals surface area (Å²) >= 11 is 0. The third-order valence-electron chi connectivity index (χ3n) is 5.30. The van der Waals surface area contributed by atoms with E-state index in [1.807, 2.05) is 24.3 Å². The Labute approximate surface area is 167 Å². The van der Waals surface area contributed by atoms with Crippen LogP contribution in [0.3, 0.4) is 0 Å². The molecule has 4 rings (SSSR count). The molecule has 0 radical (unpaired) electrons. The van der Waals surface area contributed by atoms with E-state index in [9.17, 15) is 0 Å². The maximum absolute atomic E-state index is 4.90. The molecule has 0 atom stereocenters. The Morgan fingerprint density at radius 3 is 2.32 bits per heavy atom. The minimum absolute atomic E-state index is 0.757. The van der Waals surface area contributed by atoms with Gasteiger partial charge in [-0.2, -0.15) is 0 Å². The molecule has 2 heterocycles. The maximum atomic E-state index is 4.90. The molecule has 1 aromatic heterocycles. The number of hydrogen-bond acceptors (Lipinski definition) is 5. The fraction of sp³-hybridized carbons (Fsp3) is 0.304. The number of aryl methyl sites for hydroxylation is 1. The summed E-state index contributed by atoms with van der Waals surface area (Å²) in [5, 5.41) is 3.49.